The van der Waals surface area contributed by atoms with Crippen LogP contribution in [0.1, 0.15) is 54.4 Å². The first-order chi connectivity index (χ1) is 18.8. The number of aromatic amines is 1. The van der Waals surface area contributed by atoms with Crippen LogP contribution in [0.5, 0.6) is 5.75 Å². The first kappa shape index (κ1) is 28.2. The molecule has 1 fully saturated rings. The average Bonchev–Trinajstić information content (AvgIpc) is 3.35. The molecule has 1 aromatic carbocycles. The molecule has 0 saturated heterocycles. The molecule has 2 heterocycles. The van der Waals surface area contributed by atoms with E-state index >= 15 is 0 Å². The number of thiophene rings is 1. The van der Waals surface area contributed by atoms with Crippen molar-refractivity contribution >= 4 is 39.3 Å². The minimum atomic E-state index is -0.478. The van der Waals surface area contributed by atoms with Crippen molar-refractivity contribution in [1.29, 1.82) is 0 Å². The van der Waals surface area contributed by atoms with Crippen LogP contribution in [0.25, 0.3) is 10.2 Å². The summed E-state index contributed by atoms with van der Waals surface area (Å²) in [4.78, 5) is 55.5. The number of nitrogens with zero attached hydrogens (tertiary/aromatic N) is 1. The van der Waals surface area contributed by atoms with Gasteiger partial charge in [0.25, 0.3) is 17.4 Å². The predicted molar refractivity (Wildman–Crippen MR) is 145 cm³/mol. The van der Waals surface area contributed by atoms with Gasteiger partial charge in [-0.3, -0.25) is 19.2 Å². The second kappa shape index (κ2) is 13.3. The summed E-state index contributed by atoms with van der Waals surface area (Å²) >= 11 is 1.30. The summed E-state index contributed by atoms with van der Waals surface area (Å²) in [5.74, 6) is -0.230. The number of esters is 1. The van der Waals surface area contributed by atoms with Gasteiger partial charge in [0.2, 0.25) is 5.82 Å². The number of rotatable bonds is 11. The molecule has 39 heavy (non-hydrogen) atoms. The lowest BCUT2D eigenvalue weighted by Gasteiger charge is -2.28. The smallest absolute Gasteiger partial charge is 0.303 e. The van der Waals surface area contributed by atoms with Gasteiger partial charge in [-0.25, -0.2) is 4.98 Å². The molecule has 1 aliphatic rings. The molecule has 1 aliphatic carbocycles. The van der Waals surface area contributed by atoms with E-state index in [2.05, 4.69) is 20.6 Å². The van der Waals surface area contributed by atoms with Crippen molar-refractivity contribution in [3.63, 3.8) is 0 Å². The summed E-state index contributed by atoms with van der Waals surface area (Å²) < 4.78 is 15.9. The van der Waals surface area contributed by atoms with E-state index in [9.17, 15) is 19.2 Å². The number of carbonyl (C=O) groups excluding carboxylic acids is 3. The van der Waals surface area contributed by atoms with Gasteiger partial charge in [0.1, 0.15) is 10.6 Å². The number of nitrogens with one attached hydrogen (secondary N) is 3. The second-order valence-electron chi connectivity index (χ2n) is 9.47. The van der Waals surface area contributed by atoms with Crippen LogP contribution in [0, 0.1) is 5.92 Å². The Balaban J connectivity index is 1.25. The summed E-state index contributed by atoms with van der Waals surface area (Å²) in [7, 11) is 1.58. The zero-order valence-electron chi connectivity index (χ0n) is 21.9. The van der Waals surface area contributed by atoms with Crippen LogP contribution in [0.15, 0.2) is 34.4 Å². The highest BCUT2D eigenvalue weighted by Crippen LogP contribution is 2.26. The summed E-state index contributed by atoms with van der Waals surface area (Å²) in [6, 6.07) is 7.41. The standard InChI is InChI=1S/C27H32N4O7S/c1-16(32)38-14-22(33)29-20-8-6-17(7-9-20)12-37-13-19-15-39-27-23(19)25(34)30-24(31-27)26(35)28-11-18-4-3-5-21(10-18)36-2/h3-5,10,15,17,20H,6-9,11-14H2,1-2H3,(H,28,35)(H,29,33)(H,30,31,34). The Morgan fingerprint density at radius 3 is 2.72 bits per heavy atom. The van der Waals surface area contributed by atoms with Gasteiger partial charge in [0.05, 0.1) is 19.1 Å². The molecule has 2 aromatic heterocycles. The molecule has 3 N–H and O–H groups in total. The van der Waals surface area contributed by atoms with Crippen molar-refractivity contribution in [2.24, 2.45) is 5.92 Å². The van der Waals surface area contributed by atoms with E-state index in [1.54, 1.807) is 7.11 Å². The van der Waals surface area contributed by atoms with Crippen LogP contribution >= 0.6 is 11.3 Å². The lowest BCUT2D eigenvalue weighted by atomic mass is 9.86. The number of methoxy groups -OCH3 is 1. The minimum absolute atomic E-state index is 0.0404. The Morgan fingerprint density at radius 2 is 1.97 bits per heavy atom. The molecule has 0 aliphatic heterocycles. The molecule has 0 atom stereocenters. The highest BCUT2D eigenvalue weighted by molar-refractivity contribution is 7.16. The van der Waals surface area contributed by atoms with Crippen LogP contribution in [0.4, 0.5) is 0 Å². The molecule has 3 aromatic rings. The van der Waals surface area contributed by atoms with E-state index < -0.39 is 11.9 Å². The number of fused-ring (bicyclic) bond motifs is 1. The number of carbonyl (C=O) groups is 3. The van der Waals surface area contributed by atoms with E-state index in [1.807, 2.05) is 29.6 Å². The molecule has 0 spiro atoms. The number of hydrogen-bond acceptors (Lipinski definition) is 9. The fourth-order valence-electron chi connectivity index (χ4n) is 4.51. The predicted octanol–water partition coefficient (Wildman–Crippen LogP) is 2.68. The van der Waals surface area contributed by atoms with Crippen molar-refractivity contribution in [3.05, 3.63) is 57.0 Å². The maximum atomic E-state index is 12.8. The fraction of sp³-hybridized carbons (Fsp3) is 0.444. The molecule has 2 amide bonds. The monoisotopic (exact) mass is 556 g/mol. The number of hydrogen-bond donors (Lipinski definition) is 3. The Morgan fingerprint density at radius 1 is 1.18 bits per heavy atom. The zero-order valence-corrected chi connectivity index (χ0v) is 22.7. The van der Waals surface area contributed by atoms with Crippen LogP contribution in [0.3, 0.4) is 0 Å². The SMILES string of the molecule is COc1cccc(CNC(=O)c2nc3scc(COCC4CCC(NC(=O)COC(C)=O)CC4)c3c(=O)[nH]2)c1. The summed E-state index contributed by atoms with van der Waals surface area (Å²) in [5, 5.41) is 7.94. The lowest BCUT2D eigenvalue weighted by molar-refractivity contribution is -0.146. The lowest BCUT2D eigenvalue weighted by Crippen LogP contribution is -2.40. The van der Waals surface area contributed by atoms with Crippen molar-refractivity contribution in [2.45, 2.75) is 51.8 Å². The maximum absolute atomic E-state index is 12.8. The Bertz CT molecular complexity index is 1380. The molecule has 0 radical (unpaired) electrons. The highest BCUT2D eigenvalue weighted by atomic mass is 32.1. The van der Waals surface area contributed by atoms with Gasteiger partial charge in [-0.15, -0.1) is 11.3 Å². The second-order valence-corrected chi connectivity index (χ2v) is 10.3. The molecule has 4 rings (SSSR count). The molecule has 0 unspecified atom stereocenters. The fourth-order valence-corrected chi connectivity index (χ4v) is 5.44. The average molecular weight is 557 g/mol. The van der Waals surface area contributed by atoms with Gasteiger partial charge in [-0.05, 0) is 54.7 Å². The summed E-state index contributed by atoms with van der Waals surface area (Å²) in [6.45, 7) is 2.10. The quantitative estimate of drug-likeness (QED) is 0.305. The van der Waals surface area contributed by atoms with E-state index in [0.29, 0.717) is 28.5 Å². The Hall–Kier alpha value is -3.77. The van der Waals surface area contributed by atoms with Crippen LogP contribution in [-0.4, -0.2) is 54.1 Å². The van der Waals surface area contributed by atoms with Crippen molar-refractivity contribution in [2.75, 3.05) is 20.3 Å². The maximum Gasteiger partial charge on any atom is 0.303 e. The van der Waals surface area contributed by atoms with Gasteiger partial charge in [0.15, 0.2) is 6.61 Å². The van der Waals surface area contributed by atoms with Crippen LogP contribution in [-0.2, 0) is 32.2 Å². The van der Waals surface area contributed by atoms with Gasteiger partial charge >= 0.3 is 5.97 Å². The normalized spacial score (nSPS) is 17.0. The minimum Gasteiger partial charge on any atom is -0.497 e. The number of H-pyrrole nitrogens is 1. The highest BCUT2D eigenvalue weighted by Gasteiger charge is 2.23. The summed E-state index contributed by atoms with van der Waals surface area (Å²) in [6.07, 6.45) is 3.46. The van der Waals surface area contributed by atoms with E-state index in [4.69, 9.17) is 14.2 Å². The van der Waals surface area contributed by atoms with E-state index in [1.165, 1.54) is 18.3 Å². The zero-order chi connectivity index (χ0) is 27.8. The molecule has 0 bridgehead atoms. The van der Waals surface area contributed by atoms with Crippen molar-refractivity contribution in [1.82, 2.24) is 20.6 Å². The Kier molecular flexibility index (Phi) is 9.66. The largest absolute Gasteiger partial charge is 0.497 e. The molecule has 208 valence electrons. The van der Waals surface area contributed by atoms with Gasteiger partial charge in [0, 0.05) is 31.7 Å². The van der Waals surface area contributed by atoms with Gasteiger partial charge in [-0.2, -0.15) is 0 Å². The molecular formula is C27H32N4O7S. The third-order valence-electron chi connectivity index (χ3n) is 6.55. The third-order valence-corrected chi connectivity index (χ3v) is 7.47. The molecule has 11 nitrogen and oxygen atoms in total. The van der Waals surface area contributed by atoms with Crippen molar-refractivity contribution in [3.8, 4) is 5.75 Å². The van der Waals surface area contributed by atoms with E-state index in [-0.39, 0.29) is 43.1 Å². The first-order valence-electron chi connectivity index (χ1n) is 12.7. The third kappa shape index (κ3) is 7.87. The number of ether oxygens (including phenoxy) is 3. The van der Waals surface area contributed by atoms with Crippen molar-refractivity contribution < 1.29 is 28.6 Å². The van der Waals surface area contributed by atoms with Gasteiger partial charge < -0.3 is 29.8 Å². The van der Waals surface area contributed by atoms with Crippen LogP contribution < -0.4 is 20.9 Å². The molecular weight excluding hydrogens is 524 g/mol. The number of benzene rings is 1. The molecule has 12 heteroatoms. The van der Waals surface area contributed by atoms with Crippen LogP contribution in [0.2, 0.25) is 0 Å². The number of amides is 2. The first-order valence-corrected chi connectivity index (χ1v) is 13.6. The van der Waals surface area contributed by atoms with Gasteiger partial charge in [-0.1, -0.05) is 12.1 Å². The van der Waals surface area contributed by atoms with E-state index in [0.717, 1.165) is 36.8 Å². The topological polar surface area (TPSA) is 149 Å². The Labute approximate surface area is 229 Å². The molecule has 1 saturated carbocycles. The summed E-state index contributed by atoms with van der Waals surface area (Å²) in [5.41, 5.74) is 1.22. The number of aromatic nitrogens is 2.